The Labute approximate surface area is 222 Å². The lowest BCUT2D eigenvalue weighted by Crippen LogP contribution is -2.51. The van der Waals surface area contributed by atoms with Crippen LogP contribution in [-0.4, -0.2) is 71.4 Å². The van der Waals surface area contributed by atoms with Crippen molar-refractivity contribution in [3.8, 4) is 22.9 Å². The van der Waals surface area contributed by atoms with Crippen LogP contribution in [0.3, 0.4) is 0 Å². The number of aromatic hydroxyl groups is 1. The minimum atomic E-state index is -0.447. The summed E-state index contributed by atoms with van der Waals surface area (Å²) in [5, 5.41) is 16.4. The molecule has 0 amide bonds. The Morgan fingerprint density at radius 3 is 2.50 bits per heavy atom. The molecule has 7 nitrogen and oxygen atoms in total. The van der Waals surface area contributed by atoms with Gasteiger partial charge in [-0.3, -0.25) is 0 Å². The maximum absolute atomic E-state index is 16.4. The molecule has 3 aromatic carbocycles. The molecule has 2 aliphatic rings. The van der Waals surface area contributed by atoms with E-state index in [2.05, 4.69) is 33.9 Å². The number of hydrogen-bond donors (Lipinski definition) is 2. The van der Waals surface area contributed by atoms with Gasteiger partial charge < -0.3 is 25.0 Å². The second-order valence-electron chi connectivity index (χ2n) is 11.4. The molecule has 0 saturated carbocycles. The molecule has 2 saturated heterocycles. The van der Waals surface area contributed by atoms with E-state index in [4.69, 9.17) is 9.72 Å². The van der Waals surface area contributed by atoms with Crippen molar-refractivity contribution in [1.82, 2.24) is 20.2 Å². The zero-order valence-corrected chi connectivity index (χ0v) is 22.3. The minimum absolute atomic E-state index is 0.0906. The highest BCUT2D eigenvalue weighted by Crippen LogP contribution is 2.39. The molecule has 2 unspecified atom stereocenters. The number of aromatic nitrogens is 2. The molecule has 38 heavy (non-hydrogen) atoms. The lowest BCUT2D eigenvalue weighted by Gasteiger charge is -2.35. The van der Waals surface area contributed by atoms with Gasteiger partial charge in [0.2, 0.25) is 0 Å². The summed E-state index contributed by atoms with van der Waals surface area (Å²) in [4.78, 5) is 13.8. The number of phenolic OH excluding ortho intramolecular Hbond substituents is 1. The number of phenols is 1. The second kappa shape index (κ2) is 9.36. The highest BCUT2D eigenvalue weighted by molar-refractivity contribution is 6.01. The number of rotatable bonds is 6. The Kier molecular flexibility index (Phi) is 6.12. The Bertz CT molecular complexity index is 1510. The molecule has 198 valence electrons. The first kappa shape index (κ1) is 24.8. The van der Waals surface area contributed by atoms with Gasteiger partial charge in [-0.1, -0.05) is 30.3 Å². The van der Waals surface area contributed by atoms with Crippen molar-refractivity contribution < 1.29 is 14.2 Å². The van der Waals surface area contributed by atoms with Crippen LogP contribution >= 0.6 is 0 Å². The predicted molar refractivity (Wildman–Crippen MR) is 150 cm³/mol. The van der Waals surface area contributed by atoms with E-state index in [1.165, 1.54) is 0 Å². The molecule has 2 N–H and O–H groups in total. The van der Waals surface area contributed by atoms with Crippen LogP contribution in [0.2, 0.25) is 0 Å². The fourth-order valence-electron chi connectivity index (χ4n) is 5.50. The molecule has 0 aliphatic carbocycles. The van der Waals surface area contributed by atoms with Gasteiger partial charge in [0.25, 0.3) is 0 Å². The van der Waals surface area contributed by atoms with Crippen LogP contribution in [0, 0.1) is 5.82 Å². The zero-order chi connectivity index (χ0) is 26.6. The molecule has 4 aromatic rings. The van der Waals surface area contributed by atoms with Crippen molar-refractivity contribution in [1.29, 1.82) is 0 Å². The molecule has 6 rings (SSSR count). The van der Waals surface area contributed by atoms with Crippen LogP contribution in [0.4, 0.5) is 10.2 Å². The van der Waals surface area contributed by atoms with Crippen LogP contribution in [-0.2, 0) is 0 Å². The van der Waals surface area contributed by atoms with Crippen LogP contribution < -0.4 is 15.0 Å². The number of fused-ring (bicyclic) bond motifs is 4. The van der Waals surface area contributed by atoms with Gasteiger partial charge >= 0.3 is 6.01 Å². The normalized spacial score (nSPS) is 19.6. The number of ether oxygens (including phenoxy) is 1. The molecule has 1 aromatic heterocycles. The number of nitrogens with zero attached hydrogens (tertiary/aromatic N) is 4. The summed E-state index contributed by atoms with van der Waals surface area (Å²) >= 11 is 0. The van der Waals surface area contributed by atoms with Gasteiger partial charge in [0.1, 0.15) is 23.7 Å². The first-order valence-electron chi connectivity index (χ1n) is 13.2. The number of benzene rings is 3. The van der Waals surface area contributed by atoms with E-state index >= 15 is 4.39 Å². The van der Waals surface area contributed by atoms with Gasteiger partial charge in [0, 0.05) is 41.7 Å². The first-order valence-corrected chi connectivity index (χ1v) is 13.2. The molecular formula is C30H34FN5O2. The van der Waals surface area contributed by atoms with Gasteiger partial charge in [-0.05, 0) is 75.3 Å². The van der Waals surface area contributed by atoms with Crippen LogP contribution in [0.1, 0.15) is 26.7 Å². The zero-order valence-electron chi connectivity index (χ0n) is 22.3. The highest BCUT2D eigenvalue weighted by atomic mass is 19.1. The van der Waals surface area contributed by atoms with Gasteiger partial charge in [0.05, 0.1) is 0 Å². The summed E-state index contributed by atoms with van der Waals surface area (Å²) in [5.74, 6) is 0.349. The number of anilines is 1. The molecule has 2 fully saturated rings. The van der Waals surface area contributed by atoms with Crippen molar-refractivity contribution in [3.63, 3.8) is 0 Å². The number of hydrogen-bond acceptors (Lipinski definition) is 7. The highest BCUT2D eigenvalue weighted by Gasteiger charge is 2.34. The summed E-state index contributed by atoms with van der Waals surface area (Å²) in [6.45, 7) is 6.14. The number of likely N-dealkylation sites (N-methyl/N-ethyl adjacent to an activating group) is 1. The predicted octanol–water partition coefficient (Wildman–Crippen LogP) is 4.95. The van der Waals surface area contributed by atoms with E-state index < -0.39 is 5.82 Å². The Morgan fingerprint density at radius 1 is 1.03 bits per heavy atom. The maximum atomic E-state index is 16.4. The fraction of sp³-hybridized carbons (Fsp3) is 0.400. The van der Waals surface area contributed by atoms with Crippen molar-refractivity contribution in [2.45, 2.75) is 44.3 Å². The van der Waals surface area contributed by atoms with Gasteiger partial charge in [-0.15, -0.1) is 0 Å². The Morgan fingerprint density at radius 2 is 1.76 bits per heavy atom. The SMILES string of the molecule is CN(C)C(C)(C)COc1nc(N2CC3CCC(C2)N3)c2ccc(-c3cc(O)cc4ccccc34)c(F)c2n1. The van der Waals surface area contributed by atoms with E-state index in [9.17, 15) is 5.11 Å². The summed E-state index contributed by atoms with van der Waals surface area (Å²) < 4.78 is 22.6. The minimum Gasteiger partial charge on any atom is -0.508 e. The average molecular weight is 516 g/mol. The largest absolute Gasteiger partial charge is 0.508 e. The van der Waals surface area contributed by atoms with Crippen molar-refractivity contribution in [2.75, 3.05) is 38.7 Å². The smallest absolute Gasteiger partial charge is 0.319 e. The maximum Gasteiger partial charge on any atom is 0.319 e. The molecule has 2 aliphatic heterocycles. The van der Waals surface area contributed by atoms with E-state index in [1.807, 2.05) is 44.4 Å². The Balaban J connectivity index is 1.50. The summed E-state index contributed by atoms with van der Waals surface area (Å²) in [7, 11) is 4.00. The molecule has 8 heteroatoms. The van der Waals surface area contributed by atoms with Gasteiger partial charge in [0.15, 0.2) is 5.82 Å². The average Bonchev–Trinajstić information content (AvgIpc) is 3.24. The molecule has 3 heterocycles. The van der Waals surface area contributed by atoms with E-state index in [0.717, 1.165) is 36.7 Å². The molecule has 0 radical (unpaired) electrons. The quantitative estimate of drug-likeness (QED) is 0.376. The number of nitrogens with one attached hydrogen (secondary N) is 1. The van der Waals surface area contributed by atoms with Crippen molar-refractivity contribution >= 4 is 27.5 Å². The van der Waals surface area contributed by atoms with E-state index in [0.29, 0.717) is 41.0 Å². The Hall–Kier alpha value is -3.49. The lowest BCUT2D eigenvalue weighted by atomic mass is 9.96. The van der Waals surface area contributed by atoms with Crippen LogP contribution in [0.5, 0.6) is 11.8 Å². The lowest BCUT2D eigenvalue weighted by molar-refractivity contribution is 0.108. The number of piperazine rings is 1. The van der Waals surface area contributed by atoms with Crippen molar-refractivity contribution in [2.24, 2.45) is 0 Å². The summed E-state index contributed by atoms with van der Waals surface area (Å²) in [6.07, 6.45) is 2.27. The van der Waals surface area contributed by atoms with Gasteiger partial charge in [-0.25, -0.2) is 4.39 Å². The third kappa shape index (κ3) is 4.41. The van der Waals surface area contributed by atoms with Gasteiger partial charge in [-0.2, -0.15) is 9.97 Å². The molecule has 2 atom stereocenters. The van der Waals surface area contributed by atoms with Crippen molar-refractivity contribution in [3.05, 3.63) is 54.3 Å². The van der Waals surface area contributed by atoms with E-state index in [-0.39, 0.29) is 22.8 Å². The van der Waals surface area contributed by atoms with Crippen LogP contribution in [0.15, 0.2) is 48.5 Å². The second-order valence-corrected chi connectivity index (χ2v) is 11.4. The fourth-order valence-corrected chi connectivity index (χ4v) is 5.50. The molecule has 0 spiro atoms. The number of halogens is 1. The summed E-state index contributed by atoms with van der Waals surface area (Å²) in [6, 6.07) is 15.6. The standard InChI is InChI=1S/C30H34FN5O2/c1-30(2,35(3)4)17-38-29-33-27-24(28(34-29)36-15-19-9-10-20(16-36)32-19)12-11-23(26(27)31)25-14-21(37)13-18-7-5-6-8-22(18)25/h5-8,11-14,19-20,32,37H,9-10,15-17H2,1-4H3. The monoisotopic (exact) mass is 515 g/mol. The third-order valence-electron chi connectivity index (χ3n) is 8.18. The molecule has 2 bridgehead atoms. The van der Waals surface area contributed by atoms with E-state index in [1.54, 1.807) is 18.2 Å². The molecular weight excluding hydrogens is 481 g/mol. The third-order valence-corrected chi connectivity index (χ3v) is 8.18. The first-order chi connectivity index (χ1) is 18.2. The topological polar surface area (TPSA) is 73.8 Å². The van der Waals surface area contributed by atoms with Crippen LogP contribution in [0.25, 0.3) is 32.8 Å². The summed E-state index contributed by atoms with van der Waals surface area (Å²) in [5.41, 5.74) is 0.974.